The number of rotatable bonds is 2. The second kappa shape index (κ2) is 4.95. The molecule has 0 saturated heterocycles. The molecule has 2 aromatic rings. The number of halogens is 3. The maximum absolute atomic E-state index is 12.7. The maximum Gasteiger partial charge on any atom is 0.433 e. The Labute approximate surface area is 120 Å². The topological polar surface area (TPSA) is 50.9 Å². The summed E-state index contributed by atoms with van der Waals surface area (Å²) in [5, 5.41) is 2.95. The average molecular weight is 293 g/mol. The summed E-state index contributed by atoms with van der Waals surface area (Å²) >= 11 is 0. The van der Waals surface area contributed by atoms with Gasteiger partial charge < -0.3 is 11.1 Å². The van der Waals surface area contributed by atoms with Crippen LogP contribution in [0.15, 0.2) is 30.5 Å². The number of benzene rings is 1. The highest BCUT2D eigenvalue weighted by molar-refractivity contribution is 5.72. The van der Waals surface area contributed by atoms with Gasteiger partial charge in [-0.05, 0) is 48.6 Å². The number of hydrogen-bond acceptors (Lipinski definition) is 3. The number of nitrogen functional groups attached to an aromatic ring is 1. The molecule has 1 aromatic carbocycles. The normalized spacial score (nSPS) is 14.0. The van der Waals surface area contributed by atoms with Gasteiger partial charge in [-0.2, -0.15) is 13.2 Å². The molecule has 1 aliphatic carbocycles. The molecule has 1 aromatic heterocycles. The molecule has 1 heterocycles. The fraction of sp³-hybridized carbons (Fsp3) is 0.267. The number of nitrogens with one attached hydrogen (secondary N) is 1. The van der Waals surface area contributed by atoms with E-state index in [0.29, 0.717) is 0 Å². The van der Waals surface area contributed by atoms with Crippen LogP contribution in [0, 0.1) is 0 Å². The van der Waals surface area contributed by atoms with Crippen LogP contribution in [0.25, 0.3) is 0 Å². The summed E-state index contributed by atoms with van der Waals surface area (Å²) in [7, 11) is 0. The Morgan fingerprint density at radius 3 is 2.62 bits per heavy atom. The van der Waals surface area contributed by atoms with E-state index in [4.69, 9.17) is 5.73 Å². The zero-order valence-electron chi connectivity index (χ0n) is 11.2. The summed E-state index contributed by atoms with van der Waals surface area (Å²) < 4.78 is 38.1. The SMILES string of the molecule is Nc1cnc(C(F)(F)F)cc1Nc1ccc2c(c1)CCC2. The first kappa shape index (κ1) is 13.7. The molecule has 0 saturated carbocycles. The molecule has 0 unspecified atom stereocenters. The van der Waals surface area contributed by atoms with Gasteiger partial charge in [-0.3, -0.25) is 0 Å². The lowest BCUT2D eigenvalue weighted by molar-refractivity contribution is -0.141. The molecule has 0 amide bonds. The molecule has 0 fully saturated rings. The Morgan fingerprint density at radius 2 is 1.86 bits per heavy atom. The Balaban J connectivity index is 1.91. The van der Waals surface area contributed by atoms with Crippen molar-refractivity contribution in [2.24, 2.45) is 0 Å². The quantitative estimate of drug-likeness (QED) is 0.882. The van der Waals surface area contributed by atoms with Crippen molar-refractivity contribution < 1.29 is 13.2 Å². The number of pyridine rings is 1. The van der Waals surface area contributed by atoms with E-state index in [0.717, 1.165) is 37.2 Å². The monoisotopic (exact) mass is 293 g/mol. The van der Waals surface area contributed by atoms with Crippen molar-refractivity contribution in [2.45, 2.75) is 25.4 Å². The van der Waals surface area contributed by atoms with Crippen molar-refractivity contribution in [3.8, 4) is 0 Å². The molecule has 3 nitrogen and oxygen atoms in total. The highest BCUT2D eigenvalue weighted by Gasteiger charge is 2.33. The van der Waals surface area contributed by atoms with E-state index in [-0.39, 0.29) is 11.4 Å². The van der Waals surface area contributed by atoms with Crippen LogP contribution >= 0.6 is 0 Å². The third-order valence-electron chi connectivity index (χ3n) is 3.60. The molecule has 110 valence electrons. The molecule has 0 bridgehead atoms. The van der Waals surface area contributed by atoms with Gasteiger partial charge in [0.2, 0.25) is 0 Å². The Bertz CT molecular complexity index is 680. The van der Waals surface area contributed by atoms with Crippen LogP contribution in [-0.4, -0.2) is 4.98 Å². The first-order valence-electron chi connectivity index (χ1n) is 6.65. The molecule has 6 heteroatoms. The lowest BCUT2D eigenvalue weighted by atomic mass is 10.1. The van der Waals surface area contributed by atoms with Crippen molar-refractivity contribution in [3.63, 3.8) is 0 Å². The van der Waals surface area contributed by atoms with Gasteiger partial charge in [0.25, 0.3) is 0 Å². The second-order valence-corrected chi connectivity index (χ2v) is 5.12. The summed E-state index contributed by atoms with van der Waals surface area (Å²) in [6, 6.07) is 6.77. The third kappa shape index (κ3) is 2.79. The fourth-order valence-electron chi connectivity index (χ4n) is 2.53. The van der Waals surface area contributed by atoms with Crippen LogP contribution in [0.4, 0.5) is 30.2 Å². The molecule has 3 rings (SSSR count). The Morgan fingerprint density at radius 1 is 1.10 bits per heavy atom. The van der Waals surface area contributed by atoms with Crippen molar-refractivity contribution in [2.75, 3.05) is 11.1 Å². The van der Waals surface area contributed by atoms with Gasteiger partial charge in [-0.15, -0.1) is 0 Å². The minimum Gasteiger partial charge on any atom is -0.396 e. The molecule has 0 radical (unpaired) electrons. The van der Waals surface area contributed by atoms with E-state index in [1.54, 1.807) is 0 Å². The van der Waals surface area contributed by atoms with Gasteiger partial charge in [0, 0.05) is 5.69 Å². The molecule has 0 aliphatic heterocycles. The minimum absolute atomic E-state index is 0.184. The standard InChI is InChI=1S/C15H14F3N3/c16-15(17,18)14-7-13(12(19)8-20-14)21-11-5-4-9-2-1-3-10(9)6-11/h4-8H,1-3,19H2,(H,20,21). The van der Waals surface area contributed by atoms with Crippen molar-refractivity contribution in [1.82, 2.24) is 4.98 Å². The number of alkyl halides is 3. The summed E-state index contributed by atoms with van der Waals surface area (Å²) in [6.07, 6.45) is -0.273. The lowest BCUT2D eigenvalue weighted by Crippen LogP contribution is -2.09. The zero-order chi connectivity index (χ0) is 15.0. The summed E-state index contributed by atoms with van der Waals surface area (Å²) in [6.45, 7) is 0. The van der Waals surface area contributed by atoms with Crippen molar-refractivity contribution >= 4 is 17.1 Å². The first-order valence-corrected chi connectivity index (χ1v) is 6.65. The number of nitrogens with two attached hydrogens (primary N) is 1. The van der Waals surface area contributed by atoms with Gasteiger partial charge in [-0.25, -0.2) is 4.98 Å². The van der Waals surface area contributed by atoms with Gasteiger partial charge in [0.05, 0.1) is 17.6 Å². The van der Waals surface area contributed by atoms with Crippen LogP contribution in [0.1, 0.15) is 23.2 Å². The largest absolute Gasteiger partial charge is 0.433 e. The van der Waals surface area contributed by atoms with E-state index >= 15 is 0 Å². The molecule has 21 heavy (non-hydrogen) atoms. The van der Waals surface area contributed by atoms with Crippen molar-refractivity contribution in [1.29, 1.82) is 0 Å². The predicted molar refractivity (Wildman–Crippen MR) is 75.4 cm³/mol. The van der Waals surface area contributed by atoms with Crippen molar-refractivity contribution in [3.05, 3.63) is 47.3 Å². The summed E-state index contributed by atoms with van der Waals surface area (Å²) in [5.74, 6) is 0. The smallest absolute Gasteiger partial charge is 0.396 e. The van der Waals surface area contributed by atoms with Gasteiger partial charge >= 0.3 is 6.18 Å². The van der Waals surface area contributed by atoms with Crippen LogP contribution in [-0.2, 0) is 19.0 Å². The summed E-state index contributed by atoms with van der Waals surface area (Å²) in [5.41, 5.74) is 8.43. The number of aromatic nitrogens is 1. The van der Waals surface area contributed by atoms with Gasteiger partial charge in [0.1, 0.15) is 5.69 Å². The molecular formula is C15H14F3N3. The third-order valence-corrected chi connectivity index (χ3v) is 3.60. The Hall–Kier alpha value is -2.24. The molecule has 1 aliphatic rings. The van der Waals surface area contributed by atoms with Gasteiger partial charge in [-0.1, -0.05) is 6.07 Å². The second-order valence-electron chi connectivity index (χ2n) is 5.12. The Kier molecular flexibility index (Phi) is 3.23. The van der Waals surface area contributed by atoms with Crippen LogP contribution in [0.2, 0.25) is 0 Å². The predicted octanol–water partition coefficient (Wildman–Crippen LogP) is 3.91. The number of fused-ring (bicyclic) bond motifs is 1. The highest BCUT2D eigenvalue weighted by Crippen LogP contribution is 2.33. The van der Waals surface area contributed by atoms with E-state index in [9.17, 15) is 13.2 Å². The average Bonchev–Trinajstić information content (AvgIpc) is 2.87. The molecule has 3 N–H and O–H groups in total. The summed E-state index contributed by atoms with van der Waals surface area (Å²) in [4.78, 5) is 3.32. The molecule has 0 spiro atoms. The van der Waals surface area contributed by atoms with Crippen LogP contribution in [0.5, 0.6) is 0 Å². The molecule has 0 atom stereocenters. The van der Waals surface area contributed by atoms with E-state index < -0.39 is 11.9 Å². The maximum atomic E-state index is 12.7. The number of aryl methyl sites for hydroxylation is 2. The minimum atomic E-state index is -4.48. The van der Waals surface area contributed by atoms with E-state index in [2.05, 4.69) is 10.3 Å². The molecular weight excluding hydrogens is 279 g/mol. The fourth-order valence-corrected chi connectivity index (χ4v) is 2.53. The van der Waals surface area contributed by atoms with Gasteiger partial charge in [0.15, 0.2) is 0 Å². The highest BCUT2D eigenvalue weighted by atomic mass is 19.4. The lowest BCUT2D eigenvalue weighted by Gasteiger charge is -2.13. The number of nitrogens with zero attached hydrogens (tertiary/aromatic N) is 1. The first-order chi connectivity index (χ1) is 9.93. The zero-order valence-corrected chi connectivity index (χ0v) is 11.2. The number of anilines is 3. The van der Waals surface area contributed by atoms with Crippen LogP contribution < -0.4 is 11.1 Å². The number of hydrogen-bond donors (Lipinski definition) is 2. The van der Waals surface area contributed by atoms with E-state index in [1.807, 2.05) is 18.2 Å². The van der Waals surface area contributed by atoms with Crippen LogP contribution in [0.3, 0.4) is 0 Å². The van der Waals surface area contributed by atoms with E-state index in [1.165, 1.54) is 11.1 Å².